The van der Waals surface area contributed by atoms with Gasteiger partial charge in [0.2, 0.25) is 5.95 Å². The van der Waals surface area contributed by atoms with Gasteiger partial charge >= 0.3 is 0 Å². The Morgan fingerprint density at radius 2 is 2.10 bits per heavy atom. The lowest BCUT2D eigenvalue weighted by molar-refractivity contribution is 0.416. The summed E-state index contributed by atoms with van der Waals surface area (Å²) in [6, 6.07) is 4.40. The summed E-state index contributed by atoms with van der Waals surface area (Å²) in [5.41, 5.74) is 2.92. The van der Waals surface area contributed by atoms with Crippen molar-refractivity contribution in [1.29, 1.82) is 0 Å². The van der Waals surface area contributed by atoms with Crippen molar-refractivity contribution in [3.63, 3.8) is 0 Å². The summed E-state index contributed by atoms with van der Waals surface area (Å²) in [5.74, 6) is 1.59. The molecule has 5 heteroatoms. The molecule has 0 saturated heterocycles. The molecule has 0 unspecified atom stereocenters. The molecule has 20 heavy (non-hydrogen) atoms. The minimum Gasteiger partial charge on any atom is -0.495 e. The van der Waals surface area contributed by atoms with Crippen LogP contribution in [-0.2, 0) is 0 Å². The van der Waals surface area contributed by atoms with Crippen molar-refractivity contribution in [3.8, 4) is 5.75 Å². The summed E-state index contributed by atoms with van der Waals surface area (Å²) in [6.45, 7) is 3.99. The van der Waals surface area contributed by atoms with Gasteiger partial charge in [-0.2, -0.15) is 0 Å². The van der Waals surface area contributed by atoms with Gasteiger partial charge in [-0.15, -0.1) is 0 Å². The second-order valence-electron chi connectivity index (χ2n) is 5.27. The van der Waals surface area contributed by atoms with Crippen LogP contribution in [0.1, 0.15) is 30.1 Å². The monoisotopic (exact) mass is 291 g/mol. The Kier molecular flexibility index (Phi) is 3.34. The number of methoxy groups -OCH3 is 1. The third-order valence-corrected chi connectivity index (χ3v) is 3.93. The summed E-state index contributed by atoms with van der Waals surface area (Å²) < 4.78 is 7.60. The largest absolute Gasteiger partial charge is 0.495 e. The zero-order chi connectivity index (χ0) is 14.3. The van der Waals surface area contributed by atoms with E-state index < -0.39 is 0 Å². The first-order valence-electron chi connectivity index (χ1n) is 6.75. The average molecular weight is 292 g/mol. The normalized spacial score (nSPS) is 14.4. The second-order valence-corrected chi connectivity index (χ2v) is 5.68. The Labute approximate surface area is 123 Å². The number of imidazole rings is 1. The number of benzene rings is 1. The first kappa shape index (κ1) is 13.3. The maximum atomic E-state index is 6.13. The number of aryl methyl sites for hydroxylation is 2. The molecule has 1 aliphatic rings. The molecule has 0 spiro atoms. The minimum absolute atomic E-state index is 0.582. The molecule has 0 radical (unpaired) electrons. The number of halogens is 1. The SMILES string of the molecule is COc1cc(Cl)c(C)cc1Nc1nc(C)cn1C1CC1. The van der Waals surface area contributed by atoms with Gasteiger partial charge in [0.25, 0.3) is 0 Å². The van der Waals surface area contributed by atoms with Crippen molar-refractivity contribution in [2.45, 2.75) is 32.7 Å². The van der Waals surface area contributed by atoms with Crippen LogP contribution in [0.3, 0.4) is 0 Å². The summed E-state index contributed by atoms with van der Waals surface area (Å²) >= 11 is 6.13. The molecule has 2 aromatic rings. The fourth-order valence-corrected chi connectivity index (χ4v) is 2.44. The van der Waals surface area contributed by atoms with Gasteiger partial charge in [0.1, 0.15) is 5.75 Å². The average Bonchev–Trinajstić information content (AvgIpc) is 3.18. The lowest BCUT2D eigenvalue weighted by atomic mass is 10.2. The van der Waals surface area contributed by atoms with E-state index in [9.17, 15) is 0 Å². The highest BCUT2D eigenvalue weighted by molar-refractivity contribution is 6.31. The second kappa shape index (κ2) is 5.02. The van der Waals surface area contributed by atoms with Crippen LogP contribution in [0.4, 0.5) is 11.6 Å². The van der Waals surface area contributed by atoms with E-state index >= 15 is 0 Å². The van der Waals surface area contributed by atoms with Crippen LogP contribution in [0.25, 0.3) is 0 Å². The van der Waals surface area contributed by atoms with Crippen molar-refractivity contribution < 1.29 is 4.74 Å². The third-order valence-electron chi connectivity index (χ3n) is 3.52. The van der Waals surface area contributed by atoms with E-state index in [1.54, 1.807) is 7.11 Å². The summed E-state index contributed by atoms with van der Waals surface area (Å²) in [7, 11) is 1.64. The number of nitrogens with one attached hydrogen (secondary N) is 1. The Bertz CT molecular complexity index is 647. The van der Waals surface area contributed by atoms with Crippen LogP contribution >= 0.6 is 11.6 Å². The van der Waals surface area contributed by atoms with Crippen LogP contribution in [-0.4, -0.2) is 16.7 Å². The maximum Gasteiger partial charge on any atom is 0.207 e. The molecule has 1 fully saturated rings. The summed E-state index contributed by atoms with van der Waals surface area (Å²) in [6.07, 6.45) is 4.54. The van der Waals surface area contributed by atoms with Crippen LogP contribution in [0.5, 0.6) is 5.75 Å². The van der Waals surface area contributed by atoms with E-state index in [-0.39, 0.29) is 0 Å². The maximum absolute atomic E-state index is 6.13. The molecular formula is C15H18ClN3O. The molecular weight excluding hydrogens is 274 g/mol. The smallest absolute Gasteiger partial charge is 0.207 e. The van der Waals surface area contributed by atoms with Gasteiger partial charge in [0, 0.05) is 23.3 Å². The molecule has 1 aromatic heterocycles. The van der Waals surface area contributed by atoms with Gasteiger partial charge in [-0.05, 0) is 38.3 Å². The van der Waals surface area contributed by atoms with E-state index in [4.69, 9.17) is 16.3 Å². The molecule has 1 saturated carbocycles. The molecule has 1 aliphatic carbocycles. The Morgan fingerprint density at radius 1 is 1.35 bits per heavy atom. The summed E-state index contributed by atoms with van der Waals surface area (Å²) in [5, 5.41) is 4.07. The van der Waals surface area contributed by atoms with Crippen LogP contribution in [0.15, 0.2) is 18.3 Å². The molecule has 0 bridgehead atoms. The van der Waals surface area contributed by atoms with Gasteiger partial charge in [-0.1, -0.05) is 11.6 Å². The van der Waals surface area contributed by atoms with Crippen molar-refractivity contribution in [2.75, 3.05) is 12.4 Å². The van der Waals surface area contributed by atoms with E-state index in [0.29, 0.717) is 11.1 Å². The Balaban J connectivity index is 1.96. The van der Waals surface area contributed by atoms with Crippen molar-refractivity contribution in [3.05, 3.63) is 34.6 Å². The molecule has 1 N–H and O–H groups in total. The van der Waals surface area contributed by atoms with Crippen LogP contribution in [0.2, 0.25) is 5.02 Å². The zero-order valence-electron chi connectivity index (χ0n) is 11.9. The van der Waals surface area contributed by atoms with Crippen molar-refractivity contribution in [2.24, 2.45) is 0 Å². The highest BCUT2D eigenvalue weighted by Gasteiger charge is 2.26. The molecule has 0 atom stereocenters. The zero-order valence-corrected chi connectivity index (χ0v) is 12.7. The van der Waals surface area contributed by atoms with E-state index in [1.165, 1.54) is 12.8 Å². The number of nitrogens with zero attached hydrogens (tertiary/aromatic N) is 2. The van der Waals surface area contributed by atoms with Crippen molar-refractivity contribution in [1.82, 2.24) is 9.55 Å². The van der Waals surface area contributed by atoms with Crippen molar-refractivity contribution >= 4 is 23.2 Å². The number of anilines is 2. The third kappa shape index (κ3) is 2.48. The fourth-order valence-electron chi connectivity index (χ4n) is 2.29. The molecule has 106 valence electrons. The molecule has 0 amide bonds. The fraction of sp³-hybridized carbons (Fsp3) is 0.400. The first-order valence-corrected chi connectivity index (χ1v) is 7.13. The van der Waals surface area contributed by atoms with Gasteiger partial charge in [0.05, 0.1) is 18.5 Å². The quantitative estimate of drug-likeness (QED) is 0.916. The van der Waals surface area contributed by atoms with Gasteiger partial charge in [0.15, 0.2) is 0 Å². The summed E-state index contributed by atoms with van der Waals surface area (Å²) in [4.78, 5) is 4.56. The molecule has 4 nitrogen and oxygen atoms in total. The predicted octanol–water partition coefficient (Wildman–Crippen LogP) is 4.24. The molecule has 1 heterocycles. The first-order chi connectivity index (χ1) is 9.58. The van der Waals surface area contributed by atoms with E-state index in [2.05, 4.69) is 21.1 Å². The topological polar surface area (TPSA) is 39.1 Å². The lowest BCUT2D eigenvalue weighted by Gasteiger charge is -2.13. The predicted molar refractivity (Wildman–Crippen MR) is 81.3 cm³/mol. The van der Waals surface area contributed by atoms with Crippen LogP contribution in [0, 0.1) is 13.8 Å². The number of hydrogen-bond acceptors (Lipinski definition) is 3. The molecule has 3 rings (SSSR count). The number of hydrogen-bond donors (Lipinski definition) is 1. The highest BCUT2D eigenvalue weighted by atomic mass is 35.5. The Morgan fingerprint density at radius 3 is 2.75 bits per heavy atom. The number of rotatable bonds is 4. The van der Waals surface area contributed by atoms with E-state index in [0.717, 1.165) is 28.6 Å². The lowest BCUT2D eigenvalue weighted by Crippen LogP contribution is -2.03. The van der Waals surface area contributed by atoms with Gasteiger partial charge in [-0.3, -0.25) is 0 Å². The van der Waals surface area contributed by atoms with Gasteiger partial charge in [-0.25, -0.2) is 4.98 Å². The van der Waals surface area contributed by atoms with Gasteiger partial charge < -0.3 is 14.6 Å². The highest BCUT2D eigenvalue weighted by Crippen LogP contribution is 2.39. The minimum atomic E-state index is 0.582. The van der Waals surface area contributed by atoms with Crippen LogP contribution < -0.4 is 10.1 Å². The van der Waals surface area contributed by atoms with E-state index in [1.807, 2.05) is 26.0 Å². The Hall–Kier alpha value is -1.68. The standard InChI is InChI=1S/C15H18ClN3O/c1-9-6-13(14(20-3)7-12(9)16)18-15-17-10(2)8-19(15)11-4-5-11/h6-8,11H,4-5H2,1-3H3,(H,17,18). The number of ether oxygens (including phenoxy) is 1. The molecule has 1 aromatic carbocycles. The number of aromatic nitrogens is 2. The molecule has 0 aliphatic heterocycles.